The fraction of sp³-hybridized carbons (Fsp3) is 0.250. The molecule has 26 heavy (non-hydrogen) atoms. The Morgan fingerprint density at radius 3 is 2.27 bits per heavy atom. The van der Waals surface area contributed by atoms with Crippen LogP contribution in [-0.4, -0.2) is 33.6 Å². The SMILES string of the molecule is CN(c1nc2cc(C(=O)O)ccc2nc1-c1ccc(F)cc1)C(C)(C)C. The van der Waals surface area contributed by atoms with Crippen LogP contribution in [0.25, 0.3) is 22.3 Å². The zero-order chi connectivity index (χ0) is 19.1. The summed E-state index contributed by atoms with van der Waals surface area (Å²) in [5, 5.41) is 9.22. The number of fused-ring (bicyclic) bond motifs is 1. The molecule has 0 unspecified atom stereocenters. The van der Waals surface area contributed by atoms with E-state index in [4.69, 9.17) is 4.98 Å². The molecule has 1 heterocycles. The van der Waals surface area contributed by atoms with Crippen molar-refractivity contribution in [2.75, 3.05) is 11.9 Å². The maximum Gasteiger partial charge on any atom is 0.335 e. The number of aromatic carboxylic acids is 1. The maximum atomic E-state index is 13.3. The molecule has 3 rings (SSSR count). The summed E-state index contributed by atoms with van der Waals surface area (Å²) in [5.41, 5.74) is 2.38. The third kappa shape index (κ3) is 3.35. The van der Waals surface area contributed by atoms with E-state index in [1.165, 1.54) is 24.3 Å². The monoisotopic (exact) mass is 353 g/mol. The van der Waals surface area contributed by atoms with Crippen molar-refractivity contribution in [2.45, 2.75) is 26.3 Å². The lowest BCUT2D eigenvalue weighted by Gasteiger charge is -2.34. The zero-order valence-electron chi connectivity index (χ0n) is 15.1. The van der Waals surface area contributed by atoms with E-state index in [1.807, 2.05) is 32.7 Å². The highest BCUT2D eigenvalue weighted by Gasteiger charge is 2.24. The average Bonchev–Trinajstić information content (AvgIpc) is 2.59. The van der Waals surface area contributed by atoms with Crippen molar-refractivity contribution < 1.29 is 14.3 Å². The van der Waals surface area contributed by atoms with Gasteiger partial charge in [-0.25, -0.2) is 19.2 Å². The molecule has 0 saturated heterocycles. The lowest BCUT2D eigenvalue weighted by Crippen LogP contribution is -2.39. The second-order valence-electron chi connectivity index (χ2n) is 7.14. The third-order valence-corrected chi connectivity index (χ3v) is 4.33. The molecule has 0 saturated carbocycles. The Balaban J connectivity index is 2.28. The fourth-order valence-electron chi connectivity index (χ4n) is 2.53. The van der Waals surface area contributed by atoms with E-state index in [2.05, 4.69) is 4.98 Å². The average molecular weight is 353 g/mol. The standard InChI is InChI=1S/C20H20FN3O2/c1-20(2,3)24(4)18-17(12-5-8-14(21)9-6-12)22-15-10-7-13(19(25)26)11-16(15)23-18/h5-11H,1-4H3,(H,25,26). The Bertz CT molecular complexity index is 979. The molecule has 1 aromatic heterocycles. The second-order valence-corrected chi connectivity index (χ2v) is 7.14. The maximum absolute atomic E-state index is 13.3. The van der Waals surface area contributed by atoms with Crippen LogP contribution in [0.2, 0.25) is 0 Å². The van der Waals surface area contributed by atoms with E-state index >= 15 is 0 Å². The first-order valence-electron chi connectivity index (χ1n) is 8.21. The van der Waals surface area contributed by atoms with E-state index < -0.39 is 5.97 Å². The van der Waals surface area contributed by atoms with Crippen molar-refractivity contribution in [1.82, 2.24) is 9.97 Å². The molecule has 5 nitrogen and oxygen atoms in total. The molecular weight excluding hydrogens is 333 g/mol. The predicted octanol–water partition coefficient (Wildman–Crippen LogP) is 4.37. The van der Waals surface area contributed by atoms with Crippen LogP contribution >= 0.6 is 0 Å². The normalized spacial score (nSPS) is 11.6. The van der Waals surface area contributed by atoms with Gasteiger partial charge in [0.1, 0.15) is 11.5 Å². The van der Waals surface area contributed by atoms with Gasteiger partial charge in [0.05, 0.1) is 16.6 Å². The first-order valence-corrected chi connectivity index (χ1v) is 8.21. The van der Waals surface area contributed by atoms with Crippen LogP contribution in [0, 0.1) is 5.82 Å². The van der Waals surface area contributed by atoms with Crippen LogP contribution in [0.5, 0.6) is 0 Å². The Morgan fingerprint density at radius 2 is 1.69 bits per heavy atom. The van der Waals surface area contributed by atoms with Crippen molar-refractivity contribution in [2.24, 2.45) is 0 Å². The molecule has 0 radical (unpaired) electrons. The van der Waals surface area contributed by atoms with Crippen molar-refractivity contribution in [3.63, 3.8) is 0 Å². The van der Waals surface area contributed by atoms with Crippen molar-refractivity contribution >= 4 is 22.8 Å². The first-order chi connectivity index (χ1) is 12.2. The summed E-state index contributed by atoms with van der Waals surface area (Å²) in [4.78, 5) is 22.6. The van der Waals surface area contributed by atoms with Crippen LogP contribution in [0.4, 0.5) is 10.2 Å². The number of hydrogen-bond donors (Lipinski definition) is 1. The lowest BCUT2D eigenvalue weighted by atomic mass is 10.0. The highest BCUT2D eigenvalue weighted by Crippen LogP contribution is 2.32. The number of halogens is 1. The van der Waals surface area contributed by atoms with Crippen LogP contribution in [0.3, 0.4) is 0 Å². The van der Waals surface area contributed by atoms with Gasteiger partial charge in [-0.2, -0.15) is 0 Å². The summed E-state index contributed by atoms with van der Waals surface area (Å²) in [6.45, 7) is 6.13. The zero-order valence-corrected chi connectivity index (χ0v) is 15.1. The number of carbonyl (C=O) groups is 1. The molecular formula is C20H20FN3O2. The van der Waals surface area contributed by atoms with Gasteiger partial charge in [-0.3, -0.25) is 0 Å². The minimum atomic E-state index is -1.01. The summed E-state index contributed by atoms with van der Waals surface area (Å²) in [6.07, 6.45) is 0. The summed E-state index contributed by atoms with van der Waals surface area (Å²) in [6, 6.07) is 10.7. The van der Waals surface area contributed by atoms with Gasteiger partial charge < -0.3 is 10.0 Å². The molecule has 2 aromatic carbocycles. The van der Waals surface area contributed by atoms with Crippen molar-refractivity contribution in [1.29, 1.82) is 0 Å². The van der Waals surface area contributed by atoms with Crippen molar-refractivity contribution in [3.05, 3.63) is 53.8 Å². The number of aromatic nitrogens is 2. The summed E-state index contributed by atoms with van der Waals surface area (Å²) >= 11 is 0. The summed E-state index contributed by atoms with van der Waals surface area (Å²) in [5.74, 6) is -0.722. The number of benzene rings is 2. The number of hydrogen-bond acceptors (Lipinski definition) is 4. The van der Waals surface area contributed by atoms with Gasteiger partial charge in [0, 0.05) is 18.2 Å². The molecule has 0 amide bonds. The van der Waals surface area contributed by atoms with E-state index in [0.29, 0.717) is 22.5 Å². The van der Waals surface area contributed by atoms with Gasteiger partial charge >= 0.3 is 5.97 Å². The molecule has 0 spiro atoms. The number of carboxylic acids is 1. The number of carboxylic acid groups (broad SMARTS) is 1. The fourth-order valence-corrected chi connectivity index (χ4v) is 2.53. The Morgan fingerprint density at radius 1 is 1.04 bits per heavy atom. The van der Waals surface area contributed by atoms with E-state index in [0.717, 1.165) is 5.56 Å². The Kier molecular flexibility index (Phi) is 4.36. The molecule has 0 bridgehead atoms. The highest BCUT2D eigenvalue weighted by atomic mass is 19.1. The van der Waals surface area contributed by atoms with E-state index in [1.54, 1.807) is 18.2 Å². The summed E-state index contributed by atoms with van der Waals surface area (Å²) < 4.78 is 13.3. The van der Waals surface area contributed by atoms with Crippen LogP contribution in [0.1, 0.15) is 31.1 Å². The molecule has 134 valence electrons. The largest absolute Gasteiger partial charge is 0.478 e. The predicted molar refractivity (Wildman–Crippen MR) is 100 cm³/mol. The summed E-state index contributed by atoms with van der Waals surface area (Å²) in [7, 11) is 1.91. The Hall–Kier alpha value is -3.02. The molecule has 1 N–H and O–H groups in total. The second kappa shape index (κ2) is 6.37. The van der Waals surface area contributed by atoms with Gasteiger partial charge in [0.2, 0.25) is 0 Å². The van der Waals surface area contributed by atoms with Crippen LogP contribution < -0.4 is 4.90 Å². The topological polar surface area (TPSA) is 66.3 Å². The van der Waals surface area contributed by atoms with Crippen molar-refractivity contribution in [3.8, 4) is 11.3 Å². The van der Waals surface area contributed by atoms with Gasteiger partial charge in [0.25, 0.3) is 0 Å². The third-order valence-electron chi connectivity index (χ3n) is 4.33. The van der Waals surface area contributed by atoms with Crippen LogP contribution in [0.15, 0.2) is 42.5 Å². The molecule has 0 aliphatic heterocycles. The lowest BCUT2D eigenvalue weighted by molar-refractivity contribution is 0.0697. The number of anilines is 1. The molecule has 0 fully saturated rings. The number of rotatable bonds is 3. The van der Waals surface area contributed by atoms with Gasteiger partial charge in [-0.1, -0.05) is 0 Å². The first kappa shape index (κ1) is 17.8. The van der Waals surface area contributed by atoms with E-state index in [-0.39, 0.29) is 16.9 Å². The minimum absolute atomic E-state index is 0.158. The van der Waals surface area contributed by atoms with E-state index in [9.17, 15) is 14.3 Å². The Labute approximate surface area is 151 Å². The van der Waals surface area contributed by atoms with Gasteiger partial charge in [-0.05, 0) is 63.2 Å². The smallest absolute Gasteiger partial charge is 0.335 e. The minimum Gasteiger partial charge on any atom is -0.478 e. The molecule has 0 atom stereocenters. The molecule has 0 aliphatic carbocycles. The molecule has 0 aliphatic rings. The van der Waals surface area contributed by atoms with Gasteiger partial charge in [-0.15, -0.1) is 0 Å². The number of nitrogens with zero attached hydrogens (tertiary/aromatic N) is 3. The van der Waals surface area contributed by atoms with Crippen LogP contribution in [-0.2, 0) is 0 Å². The van der Waals surface area contributed by atoms with Gasteiger partial charge in [0.15, 0.2) is 5.82 Å². The molecule has 3 aromatic rings. The quantitative estimate of drug-likeness (QED) is 0.757. The molecule has 6 heteroatoms. The highest BCUT2D eigenvalue weighted by molar-refractivity contribution is 5.93.